The summed E-state index contributed by atoms with van der Waals surface area (Å²) in [5.74, 6) is 0. The maximum Gasteiger partial charge on any atom is 0.101 e. The van der Waals surface area contributed by atoms with Crippen LogP contribution in [-0.2, 0) is 0 Å². The molecule has 0 aliphatic carbocycles. The van der Waals surface area contributed by atoms with E-state index in [1.54, 1.807) is 0 Å². The quantitative estimate of drug-likeness (QED) is 0.161. The average Bonchev–Trinajstić information content (AvgIpc) is 3.90. The maximum atomic E-state index is 11.2. The number of para-hydroxylation sites is 2. The largest absolute Gasteiger partial charge is 0.309 e. The first kappa shape index (κ1) is 37.0. The van der Waals surface area contributed by atoms with Crippen molar-refractivity contribution < 1.29 is 0 Å². The Morgan fingerprint density at radius 1 is 0.328 bits per heavy atom. The molecule has 3 aromatic heterocycles. The molecule has 3 heterocycles. The van der Waals surface area contributed by atoms with E-state index in [0.717, 1.165) is 77.4 Å². The maximum absolute atomic E-state index is 11.2. The molecule has 12 rings (SSSR count). The molecule has 4 nitrogen and oxygen atoms in total. The van der Waals surface area contributed by atoms with Gasteiger partial charge in [-0.2, -0.15) is 5.26 Å². The predicted octanol–water partition coefficient (Wildman–Crippen LogP) is 15.5. The van der Waals surface area contributed by atoms with E-state index in [2.05, 4.69) is 226 Å². The highest BCUT2D eigenvalue weighted by Crippen LogP contribution is 2.46. The molecule has 9 aromatic carbocycles. The van der Waals surface area contributed by atoms with Gasteiger partial charge in [0.15, 0.2) is 0 Å². The first-order valence-electron chi connectivity index (χ1n) is 21.6. The Labute approximate surface area is 370 Å². The van der Waals surface area contributed by atoms with Crippen LogP contribution in [0, 0.1) is 11.3 Å². The lowest BCUT2D eigenvalue weighted by molar-refractivity contribution is 1.13. The molecule has 0 aliphatic heterocycles. The number of aromatic nitrogens is 3. The molecule has 0 amide bonds. The van der Waals surface area contributed by atoms with E-state index >= 15 is 0 Å². The van der Waals surface area contributed by atoms with Crippen molar-refractivity contribution in [3.8, 4) is 73.1 Å². The van der Waals surface area contributed by atoms with Crippen molar-refractivity contribution in [2.24, 2.45) is 0 Å². The van der Waals surface area contributed by atoms with Crippen LogP contribution >= 0.6 is 0 Å². The summed E-state index contributed by atoms with van der Waals surface area (Å²) in [7, 11) is 0. The van der Waals surface area contributed by atoms with Crippen LogP contribution in [0.5, 0.6) is 0 Å². The van der Waals surface area contributed by atoms with E-state index in [4.69, 9.17) is 0 Å². The molecule has 0 saturated carbocycles. The van der Waals surface area contributed by atoms with Crippen molar-refractivity contribution in [1.29, 1.82) is 5.26 Å². The van der Waals surface area contributed by atoms with Gasteiger partial charge < -0.3 is 9.13 Å². The van der Waals surface area contributed by atoms with E-state index in [1.807, 2.05) is 24.5 Å². The monoisotopic (exact) mass is 814 g/mol. The van der Waals surface area contributed by atoms with E-state index < -0.39 is 0 Å². The van der Waals surface area contributed by atoms with E-state index in [0.29, 0.717) is 5.56 Å². The van der Waals surface area contributed by atoms with Crippen molar-refractivity contribution in [3.05, 3.63) is 236 Å². The minimum atomic E-state index is 0.576. The average molecular weight is 815 g/mol. The second kappa shape index (κ2) is 15.3. The van der Waals surface area contributed by atoms with Crippen LogP contribution in [0.4, 0.5) is 0 Å². The number of hydrogen-bond acceptors (Lipinski definition) is 2. The summed E-state index contributed by atoms with van der Waals surface area (Å²) < 4.78 is 4.70. The topological polar surface area (TPSA) is 46.5 Å². The molecule has 0 unspecified atom stereocenters. The van der Waals surface area contributed by atoms with Crippen molar-refractivity contribution >= 4 is 43.6 Å². The van der Waals surface area contributed by atoms with Crippen molar-refractivity contribution in [1.82, 2.24) is 14.1 Å². The molecule has 0 radical (unpaired) electrons. The van der Waals surface area contributed by atoms with Crippen LogP contribution in [0.1, 0.15) is 5.56 Å². The van der Waals surface area contributed by atoms with Gasteiger partial charge in [-0.15, -0.1) is 0 Å². The van der Waals surface area contributed by atoms with Gasteiger partial charge in [0.1, 0.15) is 6.07 Å². The first-order valence-corrected chi connectivity index (χ1v) is 21.6. The third kappa shape index (κ3) is 5.87. The number of fused-ring (bicyclic) bond motifs is 6. The van der Waals surface area contributed by atoms with Crippen molar-refractivity contribution in [2.45, 2.75) is 0 Å². The number of benzene rings is 9. The summed E-state index contributed by atoms with van der Waals surface area (Å²) in [6, 6.07) is 80.1. The molecule has 0 atom stereocenters. The lowest BCUT2D eigenvalue weighted by atomic mass is 9.92. The zero-order valence-electron chi connectivity index (χ0n) is 34.7. The lowest BCUT2D eigenvalue weighted by Crippen LogP contribution is -2.04. The summed E-state index contributed by atoms with van der Waals surface area (Å²) in [6.45, 7) is 0. The predicted molar refractivity (Wildman–Crippen MR) is 265 cm³/mol. The smallest absolute Gasteiger partial charge is 0.101 e. The fourth-order valence-electron chi connectivity index (χ4n) is 9.98. The van der Waals surface area contributed by atoms with Crippen LogP contribution in [0.15, 0.2) is 231 Å². The Morgan fingerprint density at radius 3 is 1.25 bits per heavy atom. The number of hydrogen-bond donors (Lipinski definition) is 0. The molecule has 0 bridgehead atoms. The SMILES string of the molecule is N#Cc1cc(-c2ccncc2)c(-n2c3ccccc3c3c(-c4ccccc4-c4ccccc4)cccc32)cc1-n1c2ccccc2c2c(-c3ccccc3-c3ccccc3)cccc21. The molecule has 64 heavy (non-hydrogen) atoms. The van der Waals surface area contributed by atoms with E-state index in [-0.39, 0.29) is 0 Å². The Hall–Kier alpha value is -8.78. The summed E-state index contributed by atoms with van der Waals surface area (Å²) in [6.07, 6.45) is 3.65. The zero-order valence-corrected chi connectivity index (χ0v) is 34.7. The summed E-state index contributed by atoms with van der Waals surface area (Å²) in [5, 5.41) is 15.8. The molecule has 0 spiro atoms. The highest BCUT2D eigenvalue weighted by atomic mass is 15.0. The molecule has 0 N–H and O–H groups in total. The molecule has 12 aromatic rings. The Kier molecular flexibility index (Phi) is 8.84. The molecule has 0 aliphatic rings. The van der Waals surface area contributed by atoms with Gasteiger partial charge in [0.25, 0.3) is 0 Å². The van der Waals surface area contributed by atoms with Gasteiger partial charge in [-0.1, -0.05) is 170 Å². The fourth-order valence-corrected chi connectivity index (χ4v) is 9.98. The Balaban J connectivity index is 1.17. The summed E-state index contributed by atoms with van der Waals surface area (Å²) >= 11 is 0. The van der Waals surface area contributed by atoms with E-state index in [1.165, 1.54) is 33.2 Å². The van der Waals surface area contributed by atoms with Crippen LogP contribution in [0.3, 0.4) is 0 Å². The summed E-state index contributed by atoms with van der Waals surface area (Å²) in [5.41, 5.74) is 17.8. The fraction of sp³-hybridized carbons (Fsp3) is 0. The van der Waals surface area contributed by atoms with Gasteiger partial charge in [-0.05, 0) is 98.6 Å². The minimum Gasteiger partial charge on any atom is -0.309 e. The summed E-state index contributed by atoms with van der Waals surface area (Å²) in [4.78, 5) is 4.39. The van der Waals surface area contributed by atoms with E-state index in [9.17, 15) is 5.26 Å². The lowest BCUT2D eigenvalue weighted by Gasteiger charge is -2.19. The minimum absolute atomic E-state index is 0.576. The Bertz CT molecular complexity index is 3780. The highest BCUT2D eigenvalue weighted by molar-refractivity contribution is 6.18. The van der Waals surface area contributed by atoms with Crippen LogP contribution in [0.2, 0.25) is 0 Å². The first-order chi connectivity index (χ1) is 31.8. The zero-order chi connectivity index (χ0) is 42.6. The van der Waals surface area contributed by atoms with Crippen LogP contribution in [-0.4, -0.2) is 14.1 Å². The number of nitriles is 1. The molecule has 0 fully saturated rings. The van der Waals surface area contributed by atoms with Gasteiger partial charge in [0.05, 0.1) is 39.0 Å². The van der Waals surface area contributed by atoms with Crippen molar-refractivity contribution in [3.63, 3.8) is 0 Å². The highest BCUT2D eigenvalue weighted by Gasteiger charge is 2.24. The molecular formula is C60H38N4. The van der Waals surface area contributed by atoms with Crippen LogP contribution < -0.4 is 0 Å². The second-order valence-corrected chi connectivity index (χ2v) is 16.2. The molecular weight excluding hydrogens is 777 g/mol. The van der Waals surface area contributed by atoms with Crippen molar-refractivity contribution in [2.75, 3.05) is 0 Å². The van der Waals surface area contributed by atoms with Gasteiger partial charge >= 0.3 is 0 Å². The second-order valence-electron chi connectivity index (χ2n) is 16.2. The number of nitrogens with zero attached hydrogens (tertiary/aromatic N) is 4. The van der Waals surface area contributed by atoms with Gasteiger partial charge in [0, 0.05) is 39.5 Å². The molecule has 298 valence electrons. The van der Waals surface area contributed by atoms with Gasteiger partial charge in [0.2, 0.25) is 0 Å². The third-order valence-electron chi connectivity index (χ3n) is 12.7. The van der Waals surface area contributed by atoms with Gasteiger partial charge in [-0.25, -0.2) is 0 Å². The molecule has 4 heteroatoms. The van der Waals surface area contributed by atoms with Gasteiger partial charge in [-0.3, -0.25) is 4.98 Å². The standard InChI is InChI=1S/C60H38N4/c61-39-43-37-52(42-33-35-62-36-34-42)58(64-54-30-14-12-26-51(54)60-49(28-16-32-56(60)64)47-24-10-8-22-45(47)41-19-5-2-6-20-41)38-57(43)63-53-29-13-11-25-50(53)59-48(27-15-31-55(59)63)46-23-9-7-21-44(46)40-17-3-1-4-18-40/h1-38H. The number of pyridine rings is 1. The Morgan fingerprint density at radius 2 is 0.734 bits per heavy atom. The normalized spacial score (nSPS) is 11.4. The third-order valence-corrected chi connectivity index (χ3v) is 12.7. The number of rotatable bonds is 7. The molecule has 0 saturated heterocycles. The van der Waals surface area contributed by atoms with Crippen LogP contribution in [0.25, 0.3) is 111 Å².